The molecule has 4 saturated heterocycles. The van der Waals surface area contributed by atoms with Crippen molar-refractivity contribution in [1.29, 1.82) is 0 Å². The molecule has 0 aliphatic carbocycles. The Morgan fingerprint density at radius 1 is 1.14 bits per heavy atom. The van der Waals surface area contributed by atoms with Gasteiger partial charge in [0.05, 0.1) is 30.1 Å². The highest BCUT2D eigenvalue weighted by atomic mass is 35.5. The first kappa shape index (κ1) is 30.6. The summed E-state index contributed by atoms with van der Waals surface area (Å²) in [7, 11) is 1.37. The SMILES string of the molecule is COCC(=O)N1CCN2C[C@H]1C(=O)NC[C@H]1O[C@@H](CC(=O)N[C@H]3C[C@@H](C2=O)N(Cc2ccc(Cl)c(F)c2)C3)[C@H](O)[C@@H]1O. The number of nitrogens with zero attached hydrogens (tertiary/aromatic N) is 3. The van der Waals surface area contributed by atoms with Crippen molar-refractivity contribution in [3.63, 3.8) is 0 Å². The largest absolute Gasteiger partial charge is 0.388 e. The van der Waals surface area contributed by atoms with Crippen molar-refractivity contribution in [3.8, 4) is 0 Å². The predicted octanol–water partition coefficient (Wildman–Crippen LogP) is -1.77. The lowest BCUT2D eigenvalue weighted by molar-refractivity contribution is -0.152. The number of piperazine rings is 1. The molecule has 5 rings (SSSR count). The molecule has 4 fully saturated rings. The van der Waals surface area contributed by atoms with Crippen LogP contribution in [0.3, 0.4) is 0 Å². The highest BCUT2D eigenvalue weighted by molar-refractivity contribution is 6.30. The number of halogens is 2. The van der Waals surface area contributed by atoms with Crippen LogP contribution in [-0.4, -0.2) is 138 Å². The number of rotatable bonds is 4. The van der Waals surface area contributed by atoms with Crippen molar-refractivity contribution in [3.05, 3.63) is 34.6 Å². The van der Waals surface area contributed by atoms with E-state index in [1.807, 2.05) is 4.90 Å². The highest BCUT2D eigenvalue weighted by Gasteiger charge is 2.46. The van der Waals surface area contributed by atoms with Gasteiger partial charge in [-0.3, -0.25) is 24.1 Å². The number of ether oxygens (including phenoxy) is 2. The summed E-state index contributed by atoms with van der Waals surface area (Å²) in [6, 6.07) is 2.22. The van der Waals surface area contributed by atoms with Crippen molar-refractivity contribution < 1.29 is 43.3 Å². The Bertz CT molecular complexity index is 1220. The van der Waals surface area contributed by atoms with Gasteiger partial charge in [-0.25, -0.2) is 4.39 Å². The van der Waals surface area contributed by atoms with E-state index >= 15 is 0 Å². The number of benzene rings is 1. The fourth-order valence-corrected chi connectivity index (χ4v) is 6.30. The molecule has 4 N–H and O–H groups in total. The zero-order valence-electron chi connectivity index (χ0n) is 23.1. The summed E-state index contributed by atoms with van der Waals surface area (Å²) < 4.78 is 24.9. The molecule has 6 bridgehead atoms. The zero-order chi connectivity index (χ0) is 30.1. The lowest BCUT2D eigenvalue weighted by Gasteiger charge is -2.42. The van der Waals surface area contributed by atoms with E-state index in [1.54, 1.807) is 6.07 Å². The van der Waals surface area contributed by atoms with Gasteiger partial charge in [-0.15, -0.1) is 0 Å². The lowest BCUT2D eigenvalue weighted by Crippen LogP contribution is -2.64. The van der Waals surface area contributed by atoms with E-state index in [4.69, 9.17) is 21.1 Å². The second-order valence-corrected chi connectivity index (χ2v) is 11.6. The van der Waals surface area contributed by atoms with E-state index in [2.05, 4.69) is 10.6 Å². The number of methoxy groups -OCH3 is 1. The number of likely N-dealkylation sites (tertiary alicyclic amines) is 1. The van der Waals surface area contributed by atoms with Crippen LogP contribution in [0.1, 0.15) is 18.4 Å². The first-order valence-electron chi connectivity index (χ1n) is 13.9. The summed E-state index contributed by atoms with van der Waals surface area (Å²) in [5.41, 5.74) is 0.585. The van der Waals surface area contributed by atoms with Gasteiger partial charge in [0.2, 0.25) is 23.6 Å². The van der Waals surface area contributed by atoms with Crippen molar-refractivity contribution in [1.82, 2.24) is 25.3 Å². The maximum absolute atomic E-state index is 14.2. The standard InChI is InChI=1S/C27H35ClFN5O8/c1-41-13-23(36)34-5-4-32-12-19(34)26(39)30-9-21-25(38)24(37)20(42-21)8-22(35)31-15-7-18(27(32)40)33(11-15)10-14-2-3-16(28)17(29)6-14/h2-3,6,15,18-21,24-25,37-38H,4-5,7-13H2,1H3,(H,30,39)(H,31,35)/t15-,18-,19-,20-,21+,24-,25+/m0/s1. The number of carbonyl (C=O) groups excluding carboxylic acids is 4. The highest BCUT2D eigenvalue weighted by Crippen LogP contribution is 2.27. The van der Waals surface area contributed by atoms with Crippen LogP contribution >= 0.6 is 11.6 Å². The second kappa shape index (κ2) is 12.8. The van der Waals surface area contributed by atoms with Crippen molar-refractivity contribution >= 4 is 35.2 Å². The Balaban J connectivity index is 1.43. The van der Waals surface area contributed by atoms with E-state index in [1.165, 1.54) is 29.0 Å². The minimum Gasteiger partial charge on any atom is -0.388 e. The number of aliphatic hydroxyl groups is 2. The Morgan fingerprint density at radius 3 is 2.64 bits per heavy atom. The summed E-state index contributed by atoms with van der Waals surface area (Å²) >= 11 is 5.85. The number of hydrogen-bond acceptors (Lipinski definition) is 9. The molecule has 0 spiro atoms. The number of amides is 4. The third-order valence-electron chi connectivity index (χ3n) is 8.33. The molecule has 15 heteroatoms. The van der Waals surface area contributed by atoms with E-state index in [0.29, 0.717) is 5.56 Å². The number of carbonyl (C=O) groups is 4. The van der Waals surface area contributed by atoms with Crippen LogP contribution in [0, 0.1) is 5.82 Å². The second-order valence-electron chi connectivity index (χ2n) is 11.2. The molecular formula is C27H35ClFN5O8. The van der Waals surface area contributed by atoms with Gasteiger partial charge < -0.3 is 40.1 Å². The molecule has 4 heterocycles. The Labute approximate surface area is 246 Å². The van der Waals surface area contributed by atoms with Crippen LogP contribution < -0.4 is 10.6 Å². The van der Waals surface area contributed by atoms with Crippen molar-refractivity contribution in [2.24, 2.45) is 0 Å². The maximum atomic E-state index is 14.2. The summed E-state index contributed by atoms with van der Waals surface area (Å²) in [5.74, 6) is -2.27. The van der Waals surface area contributed by atoms with Crippen LogP contribution in [0.2, 0.25) is 5.02 Å². The van der Waals surface area contributed by atoms with Gasteiger partial charge in [0.1, 0.15) is 36.8 Å². The van der Waals surface area contributed by atoms with Crippen molar-refractivity contribution in [2.45, 2.75) is 61.9 Å². The van der Waals surface area contributed by atoms with E-state index in [9.17, 15) is 33.8 Å². The first-order valence-corrected chi connectivity index (χ1v) is 14.3. The van der Waals surface area contributed by atoms with Gasteiger partial charge in [-0.05, 0) is 24.1 Å². The molecule has 13 nitrogen and oxygen atoms in total. The predicted molar refractivity (Wildman–Crippen MR) is 144 cm³/mol. The van der Waals surface area contributed by atoms with E-state index in [-0.39, 0.29) is 69.6 Å². The van der Waals surface area contributed by atoms with Crippen LogP contribution in [0.25, 0.3) is 0 Å². The fourth-order valence-electron chi connectivity index (χ4n) is 6.19. The third kappa shape index (κ3) is 6.38. The molecule has 4 aliphatic heterocycles. The maximum Gasteiger partial charge on any atom is 0.249 e. The average molecular weight is 612 g/mol. The summed E-state index contributed by atoms with van der Waals surface area (Å²) in [4.78, 5) is 57.8. The normalized spacial score (nSPS) is 32.6. The van der Waals surface area contributed by atoms with E-state index < -0.39 is 66.1 Å². The molecule has 1 aromatic rings. The Hall–Kier alpha value is -2.88. The molecule has 230 valence electrons. The molecule has 7 atom stereocenters. The van der Waals surface area contributed by atoms with Gasteiger partial charge in [-0.2, -0.15) is 0 Å². The smallest absolute Gasteiger partial charge is 0.249 e. The van der Waals surface area contributed by atoms with Crippen LogP contribution in [0.4, 0.5) is 4.39 Å². The molecule has 42 heavy (non-hydrogen) atoms. The van der Waals surface area contributed by atoms with Gasteiger partial charge in [0.15, 0.2) is 0 Å². The quantitative estimate of drug-likeness (QED) is 0.309. The molecule has 1 aromatic carbocycles. The van der Waals surface area contributed by atoms with Crippen LogP contribution in [0.15, 0.2) is 18.2 Å². The summed E-state index contributed by atoms with van der Waals surface area (Å²) in [6.45, 7) is 0.232. The first-order chi connectivity index (χ1) is 20.0. The number of aliphatic hydroxyl groups excluding tert-OH is 2. The van der Waals surface area contributed by atoms with Gasteiger partial charge in [0, 0.05) is 45.9 Å². The lowest BCUT2D eigenvalue weighted by atomic mass is 10.0. The molecular weight excluding hydrogens is 577 g/mol. The molecule has 0 aromatic heterocycles. The van der Waals surface area contributed by atoms with Crippen molar-refractivity contribution in [2.75, 3.05) is 46.4 Å². The fraction of sp³-hybridized carbons (Fsp3) is 0.630. The number of hydrogen-bond donors (Lipinski definition) is 4. The topological polar surface area (TPSA) is 161 Å². The molecule has 0 unspecified atom stereocenters. The van der Waals surface area contributed by atoms with Gasteiger partial charge in [-0.1, -0.05) is 17.7 Å². The molecule has 4 amide bonds. The Kier molecular flexibility index (Phi) is 9.30. The van der Waals surface area contributed by atoms with Gasteiger partial charge in [0.25, 0.3) is 0 Å². The molecule has 4 aliphatic rings. The average Bonchev–Trinajstić information content (AvgIpc) is 3.47. The molecule has 0 saturated carbocycles. The third-order valence-corrected chi connectivity index (χ3v) is 8.64. The summed E-state index contributed by atoms with van der Waals surface area (Å²) in [6.07, 6.45) is -4.68. The number of fused-ring (bicyclic) bond motifs is 6. The zero-order valence-corrected chi connectivity index (χ0v) is 23.8. The monoisotopic (exact) mass is 611 g/mol. The minimum absolute atomic E-state index is 0.0239. The molecule has 0 radical (unpaired) electrons. The van der Waals surface area contributed by atoms with Crippen LogP contribution in [-0.2, 0) is 35.2 Å². The van der Waals surface area contributed by atoms with E-state index in [0.717, 1.165) is 0 Å². The summed E-state index contributed by atoms with van der Waals surface area (Å²) in [5, 5.41) is 26.6. The number of nitrogens with one attached hydrogen (secondary N) is 2. The van der Waals surface area contributed by atoms with Gasteiger partial charge >= 0.3 is 0 Å². The van der Waals surface area contributed by atoms with Crippen LogP contribution in [0.5, 0.6) is 0 Å². The minimum atomic E-state index is -1.35. The Morgan fingerprint density at radius 2 is 1.90 bits per heavy atom.